The predicted molar refractivity (Wildman–Crippen MR) is 77.6 cm³/mol. The summed E-state index contributed by atoms with van der Waals surface area (Å²) in [7, 11) is 0. The Morgan fingerprint density at radius 1 is 1.43 bits per heavy atom. The number of carbonyl (C=O) groups is 1. The Hall–Kier alpha value is -1.49. The number of hydrogen-bond acceptors (Lipinski definition) is 2. The van der Waals surface area contributed by atoms with Crippen molar-refractivity contribution in [1.82, 2.24) is 4.90 Å². The Morgan fingerprint density at radius 2 is 2.19 bits per heavy atom. The summed E-state index contributed by atoms with van der Waals surface area (Å²) in [5.41, 5.74) is 6.02. The van der Waals surface area contributed by atoms with Crippen LogP contribution in [0.15, 0.2) is 18.2 Å². The third-order valence-corrected chi connectivity index (χ3v) is 4.29. The summed E-state index contributed by atoms with van der Waals surface area (Å²) in [6.07, 6.45) is 2.44. The van der Waals surface area contributed by atoms with Crippen LogP contribution >= 0.6 is 0 Å². The zero-order valence-electron chi connectivity index (χ0n) is 12.3. The number of aryl methyl sites for hydroxylation is 1. The minimum absolute atomic E-state index is 0.0272. The van der Waals surface area contributed by atoms with Crippen LogP contribution in [0.25, 0.3) is 0 Å². The Morgan fingerprint density at radius 3 is 2.90 bits per heavy atom. The number of hydrogen-bond donors (Lipinski definition) is 1. The second kappa shape index (κ2) is 6.98. The number of rotatable bonds is 4. The molecule has 2 atom stereocenters. The van der Waals surface area contributed by atoms with Crippen molar-refractivity contribution in [2.45, 2.75) is 38.6 Å². The van der Waals surface area contributed by atoms with Gasteiger partial charge in [-0.1, -0.05) is 6.92 Å². The molecule has 2 rings (SSSR count). The van der Waals surface area contributed by atoms with Gasteiger partial charge in [-0.2, -0.15) is 0 Å². The number of nitrogens with zero attached hydrogens (tertiary/aromatic N) is 1. The van der Waals surface area contributed by atoms with Crippen molar-refractivity contribution in [1.29, 1.82) is 0 Å². The van der Waals surface area contributed by atoms with Crippen molar-refractivity contribution in [2.24, 2.45) is 11.7 Å². The lowest BCUT2D eigenvalue weighted by Gasteiger charge is -2.39. The molecule has 2 N–H and O–H groups in total. The first-order chi connectivity index (χ1) is 10.0. The lowest BCUT2D eigenvalue weighted by Crippen LogP contribution is -2.51. The van der Waals surface area contributed by atoms with E-state index in [1.807, 2.05) is 4.90 Å². The number of piperidine rings is 1. The second-order valence-corrected chi connectivity index (χ2v) is 5.75. The van der Waals surface area contributed by atoms with Crippen LogP contribution in [0.3, 0.4) is 0 Å². The van der Waals surface area contributed by atoms with Crippen molar-refractivity contribution in [2.75, 3.05) is 13.1 Å². The molecule has 0 bridgehead atoms. The molecule has 1 saturated heterocycles. The van der Waals surface area contributed by atoms with Gasteiger partial charge < -0.3 is 10.6 Å². The molecular weight excluding hydrogens is 274 g/mol. The zero-order valence-corrected chi connectivity index (χ0v) is 12.3. The third kappa shape index (κ3) is 3.79. The van der Waals surface area contributed by atoms with Gasteiger partial charge in [0.05, 0.1) is 0 Å². The second-order valence-electron chi connectivity index (χ2n) is 5.75. The van der Waals surface area contributed by atoms with Crippen LogP contribution in [-0.2, 0) is 11.2 Å². The maximum absolute atomic E-state index is 13.6. The first-order valence-corrected chi connectivity index (χ1v) is 7.46. The molecule has 5 heteroatoms. The number of halogens is 2. The van der Waals surface area contributed by atoms with Gasteiger partial charge in [-0.25, -0.2) is 8.78 Å². The van der Waals surface area contributed by atoms with Gasteiger partial charge in [-0.3, -0.25) is 4.79 Å². The molecule has 3 nitrogen and oxygen atoms in total. The van der Waals surface area contributed by atoms with Gasteiger partial charge in [0, 0.05) is 25.6 Å². The zero-order chi connectivity index (χ0) is 15.4. The van der Waals surface area contributed by atoms with Gasteiger partial charge in [-0.15, -0.1) is 0 Å². The highest BCUT2D eigenvalue weighted by Gasteiger charge is 2.30. The topological polar surface area (TPSA) is 46.3 Å². The molecule has 1 aromatic carbocycles. The van der Waals surface area contributed by atoms with Crippen LogP contribution in [0.4, 0.5) is 8.78 Å². The smallest absolute Gasteiger partial charge is 0.223 e. The third-order valence-electron chi connectivity index (χ3n) is 4.29. The Labute approximate surface area is 124 Å². The summed E-state index contributed by atoms with van der Waals surface area (Å²) in [5.74, 6) is -0.587. The highest BCUT2D eigenvalue weighted by atomic mass is 19.1. The summed E-state index contributed by atoms with van der Waals surface area (Å²) in [6, 6.07) is 3.39. The SMILES string of the molecule is C[C@H]1CCCN(C(=O)CCc2cc(F)ccc2F)[C@H]1CN. The molecule has 0 saturated carbocycles. The maximum atomic E-state index is 13.6. The number of benzene rings is 1. The summed E-state index contributed by atoms with van der Waals surface area (Å²) in [5, 5.41) is 0. The van der Waals surface area contributed by atoms with E-state index >= 15 is 0 Å². The van der Waals surface area contributed by atoms with Crippen LogP contribution in [0.5, 0.6) is 0 Å². The Kier molecular flexibility index (Phi) is 5.28. The van der Waals surface area contributed by atoms with Crippen molar-refractivity contribution in [3.8, 4) is 0 Å². The standard InChI is InChI=1S/C16H22F2N2O/c1-11-3-2-8-20(15(11)10-19)16(21)7-4-12-9-13(17)5-6-14(12)18/h5-6,9,11,15H,2-4,7-8,10,19H2,1H3/t11-,15-/m0/s1. The average Bonchev–Trinajstić information content (AvgIpc) is 2.47. The van der Waals surface area contributed by atoms with Crippen molar-refractivity contribution >= 4 is 5.91 Å². The minimum Gasteiger partial charge on any atom is -0.338 e. The molecule has 0 unspecified atom stereocenters. The maximum Gasteiger partial charge on any atom is 0.223 e. The summed E-state index contributed by atoms with van der Waals surface area (Å²) in [6.45, 7) is 3.25. The van der Waals surface area contributed by atoms with Gasteiger partial charge in [0.15, 0.2) is 0 Å². The lowest BCUT2D eigenvalue weighted by molar-refractivity contribution is -0.136. The van der Waals surface area contributed by atoms with E-state index in [4.69, 9.17) is 5.73 Å². The highest BCUT2D eigenvalue weighted by molar-refractivity contribution is 5.77. The van der Waals surface area contributed by atoms with Gasteiger partial charge >= 0.3 is 0 Å². The number of nitrogens with two attached hydrogens (primary N) is 1. The molecule has 1 fully saturated rings. The van der Waals surface area contributed by atoms with Gasteiger partial charge in [0.1, 0.15) is 11.6 Å². The fraction of sp³-hybridized carbons (Fsp3) is 0.562. The fourth-order valence-corrected chi connectivity index (χ4v) is 3.04. The quantitative estimate of drug-likeness (QED) is 0.928. The molecule has 0 radical (unpaired) electrons. The number of likely N-dealkylation sites (tertiary alicyclic amines) is 1. The molecule has 1 aliphatic rings. The minimum atomic E-state index is -0.481. The lowest BCUT2D eigenvalue weighted by atomic mass is 9.90. The van der Waals surface area contributed by atoms with Crippen molar-refractivity contribution < 1.29 is 13.6 Å². The van der Waals surface area contributed by atoms with E-state index in [9.17, 15) is 13.6 Å². The fourth-order valence-electron chi connectivity index (χ4n) is 3.04. The first-order valence-electron chi connectivity index (χ1n) is 7.46. The summed E-state index contributed by atoms with van der Waals surface area (Å²) < 4.78 is 26.7. The van der Waals surface area contributed by atoms with E-state index in [0.29, 0.717) is 19.0 Å². The molecule has 21 heavy (non-hydrogen) atoms. The average molecular weight is 296 g/mol. The predicted octanol–water partition coefficient (Wildman–Crippen LogP) is 2.48. The molecule has 0 aromatic heterocycles. The number of amides is 1. The van der Waals surface area contributed by atoms with Crippen LogP contribution in [-0.4, -0.2) is 29.9 Å². The van der Waals surface area contributed by atoms with Crippen molar-refractivity contribution in [3.63, 3.8) is 0 Å². The van der Waals surface area contributed by atoms with E-state index in [1.54, 1.807) is 0 Å². The number of carbonyl (C=O) groups excluding carboxylic acids is 1. The van der Waals surface area contributed by atoms with E-state index in [2.05, 4.69) is 6.92 Å². The monoisotopic (exact) mass is 296 g/mol. The first kappa shape index (κ1) is 15.9. The molecule has 0 spiro atoms. The van der Waals surface area contributed by atoms with Gasteiger partial charge in [0.2, 0.25) is 5.91 Å². The Bertz CT molecular complexity index is 507. The van der Waals surface area contributed by atoms with Crippen LogP contribution < -0.4 is 5.73 Å². The van der Waals surface area contributed by atoms with Crippen molar-refractivity contribution in [3.05, 3.63) is 35.4 Å². The molecule has 1 aliphatic heterocycles. The van der Waals surface area contributed by atoms with E-state index in [-0.39, 0.29) is 30.4 Å². The highest BCUT2D eigenvalue weighted by Crippen LogP contribution is 2.23. The van der Waals surface area contributed by atoms with Crippen LogP contribution in [0, 0.1) is 17.6 Å². The van der Waals surface area contributed by atoms with E-state index < -0.39 is 11.6 Å². The molecule has 1 amide bonds. The normalized spacial score (nSPS) is 22.4. The summed E-state index contributed by atoms with van der Waals surface area (Å²) >= 11 is 0. The molecular formula is C16H22F2N2O. The van der Waals surface area contributed by atoms with E-state index in [1.165, 1.54) is 0 Å². The molecule has 116 valence electrons. The molecule has 0 aliphatic carbocycles. The molecule has 1 aromatic rings. The molecule has 1 heterocycles. The van der Waals surface area contributed by atoms with Gasteiger partial charge in [0.25, 0.3) is 0 Å². The van der Waals surface area contributed by atoms with Crippen LogP contribution in [0.1, 0.15) is 31.7 Å². The van der Waals surface area contributed by atoms with Gasteiger partial charge in [-0.05, 0) is 48.9 Å². The van der Waals surface area contributed by atoms with E-state index in [0.717, 1.165) is 31.0 Å². The Balaban J connectivity index is 1.99. The largest absolute Gasteiger partial charge is 0.338 e. The van der Waals surface area contributed by atoms with Crippen LogP contribution in [0.2, 0.25) is 0 Å². The summed E-state index contributed by atoms with van der Waals surface area (Å²) in [4.78, 5) is 14.1.